The predicted octanol–water partition coefficient (Wildman–Crippen LogP) is 2.62. The monoisotopic (exact) mass is 469 g/mol. The fourth-order valence-corrected chi connectivity index (χ4v) is 2.87. The lowest BCUT2D eigenvalue weighted by Gasteiger charge is -2.14. The molecular weight excluding hydrogens is 444 g/mol. The zero-order valence-electron chi connectivity index (χ0n) is 14.2. The van der Waals surface area contributed by atoms with Gasteiger partial charge in [0.2, 0.25) is 0 Å². The maximum Gasteiger partial charge on any atom is 0.191 e. The summed E-state index contributed by atoms with van der Waals surface area (Å²) < 4.78 is 36.4. The highest BCUT2D eigenvalue weighted by atomic mass is 127. The Kier molecular flexibility index (Phi) is 10.9. The number of nitrogens with zero attached hydrogens (tertiary/aromatic N) is 1. The van der Waals surface area contributed by atoms with Gasteiger partial charge in [-0.3, -0.25) is 4.99 Å². The number of sulfone groups is 1. The smallest absolute Gasteiger partial charge is 0.191 e. The molecule has 0 spiro atoms. The number of hydrogen-bond acceptors (Lipinski definition) is 3. The Hall–Kier alpha value is -1.16. The number of rotatable bonds is 7. The molecule has 136 valence electrons. The highest BCUT2D eigenvalue weighted by Crippen LogP contribution is 2.14. The van der Waals surface area contributed by atoms with Gasteiger partial charge < -0.3 is 10.6 Å². The van der Waals surface area contributed by atoms with Crippen LogP contribution in [0.4, 0.5) is 4.39 Å². The molecule has 24 heavy (non-hydrogen) atoms. The Morgan fingerprint density at radius 1 is 1.29 bits per heavy atom. The van der Waals surface area contributed by atoms with Gasteiger partial charge >= 0.3 is 0 Å². The number of nitrogens with one attached hydrogen (secondary N) is 2. The molecule has 0 aliphatic rings. The number of allylic oxidation sites excluding steroid dienone is 1. The van der Waals surface area contributed by atoms with Crippen LogP contribution in [0.1, 0.15) is 24.5 Å². The van der Waals surface area contributed by atoms with Gasteiger partial charge in [-0.1, -0.05) is 18.2 Å². The van der Waals surface area contributed by atoms with Crippen LogP contribution in [0.3, 0.4) is 0 Å². The Balaban J connectivity index is 0.00000529. The molecular formula is C16H25FIN3O2S. The second-order valence-electron chi connectivity index (χ2n) is 5.19. The normalized spacial score (nSPS) is 12.1. The Morgan fingerprint density at radius 3 is 2.58 bits per heavy atom. The largest absolute Gasteiger partial charge is 0.356 e. The molecule has 0 radical (unpaired) electrons. The van der Waals surface area contributed by atoms with Gasteiger partial charge in [-0.15, -0.1) is 24.0 Å². The lowest BCUT2D eigenvalue weighted by atomic mass is 10.1. The number of aliphatic imine (C=N–C) groups is 1. The zero-order valence-corrected chi connectivity index (χ0v) is 17.3. The van der Waals surface area contributed by atoms with Gasteiger partial charge in [0.1, 0.15) is 5.82 Å². The first-order valence-electron chi connectivity index (χ1n) is 7.36. The van der Waals surface area contributed by atoms with Gasteiger partial charge in [-0.05, 0) is 36.6 Å². The van der Waals surface area contributed by atoms with Crippen molar-refractivity contribution in [2.24, 2.45) is 4.99 Å². The van der Waals surface area contributed by atoms with E-state index >= 15 is 0 Å². The van der Waals surface area contributed by atoms with Crippen LogP contribution in [0.2, 0.25) is 0 Å². The summed E-state index contributed by atoms with van der Waals surface area (Å²) in [6.45, 7) is 2.98. The minimum atomic E-state index is -3.18. The third-order valence-corrected chi connectivity index (χ3v) is 3.93. The van der Waals surface area contributed by atoms with E-state index in [1.165, 1.54) is 18.2 Å². The second-order valence-corrected chi connectivity index (χ2v) is 7.33. The predicted molar refractivity (Wildman–Crippen MR) is 108 cm³/mol. The van der Waals surface area contributed by atoms with Crippen molar-refractivity contribution < 1.29 is 12.8 Å². The molecule has 0 atom stereocenters. The topological polar surface area (TPSA) is 70.6 Å². The molecule has 1 aromatic carbocycles. The van der Waals surface area contributed by atoms with Gasteiger partial charge in [0.05, 0.1) is 5.75 Å². The van der Waals surface area contributed by atoms with Crippen molar-refractivity contribution in [2.75, 3.05) is 19.8 Å². The fourth-order valence-electron chi connectivity index (χ4n) is 2.02. The number of halogens is 2. The van der Waals surface area contributed by atoms with Crippen LogP contribution in [-0.4, -0.2) is 34.2 Å². The minimum absolute atomic E-state index is 0. The molecule has 0 heterocycles. The molecule has 0 aromatic heterocycles. The molecule has 0 aliphatic heterocycles. The van der Waals surface area contributed by atoms with Crippen LogP contribution in [0.15, 0.2) is 35.3 Å². The zero-order chi connectivity index (χ0) is 17.3. The van der Waals surface area contributed by atoms with Crippen molar-refractivity contribution in [3.8, 4) is 0 Å². The molecule has 0 fully saturated rings. The van der Waals surface area contributed by atoms with Crippen LogP contribution < -0.4 is 10.6 Å². The van der Waals surface area contributed by atoms with E-state index < -0.39 is 15.7 Å². The first-order chi connectivity index (χ1) is 10.9. The fraction of sp³-hybridized carbons (Fsp3) is 0.438. The van der Waals surface area contributed by atoms with Crippen LogP contribution in [-0.2, 0) is 22.1 Å². The van der Waals surface area contributed by atoms with Crippen LogP contribution in [0.25, 0.3) is 0 Å². The van der Waals surface area contributed by atoms with Crippen molar-refractivity contribution in [3.05, 3.63) is 47.3 Å². The van der Waals surface area contributed by atoms with E-state index in [1.54, 1.807) is 7.05 Å². The van der Waals surface area contributed by atoms with Crippen molar-refractivity contribution in [3.63, 3.8) is 0 Å². The van der Waals surface area contributed by atoms with Gasteiger partial charge in [0.25, 0.3) is 0 Å². The minimum Gasteiger partial charge on any atom is -0.356 e. The lowest BCUT2D eigenvalue weighted by Crippen LogP contribution is -2.37. The van der Waals surface area contributed by atoms with Crippen LogP contribution >= 0.6 is 24.0 Å². The average molecular weight is 469 g/mol. The first kappa shape index (κ1) is 22.8. The van der Waals surface area contributed by atoms with Crippen LogP contribution in [0.5, 0.6) is 0 Å². The van der Waals surface area contributed by atoms with E-state index in [4.69, 9.17) is 0 Å². The number of hydrogen-bond donors (Lipinski definition) is 2. The molecule has 2 N–H and O–H groups in total. The highest BCUT2D eigenvalue weighted by molar-refractivity contribution is 14.0. The molecule has 0 unspecified atom stereocenters. The van der Waals surface area contributed by atoms with Crippen molar-refractivity contribution in [1.29, 1.82) is 0 Å². The van der Waals surface area contributed by atoms with Crippen molar-refractivity contribution >= 4 is 39.8 Å². The molecule has 8 heteroatoms. The molecule has 1 aromatic rings. The summed E-state index contributed by atoms with van der Waals surface area (Å²) in [5.74, 6) is 0.0802. The Labute approximate surface area is 160 Å². The van der Waals surface area contributed by atoms with Gasteiger partial charge in [0.15, 0.2) is 15.8 Å². The summed E-state index contributed by atoms with van der Waals surface area (Å²) in [5, 5.41) is 6.20. The van der Waals surface area contributed by atoms with E-state index in [0.717, 1.165) is 19.2 Å². The Bertz CT molecular complexity index is 676. The maximum atomic E-state index is 13.4. The van der Waals surface area contributed by atoms with Gasteiger partial charge in [0, 0.05) is 26.4 Å². The molecule has 1 rings (SSSR count). The van der Waals surface area contributed by atoms with E-state index in [0.29, 0.717) is 23.6 Å². The summed E-state index contributed by atoms with van der Waals surface area (Å²) >= 11 is 0. The summed E-state index contributed by atoms with van der Waals surface area (Å²) in [5.41, 5.74) is 1.19. The SMILES string of the molecule is C/C=C/CCNC(=NC)NCc1cc(F)ccc1CS(C)(=O)=O.I. The highest BCUT2D eigenvalue weighted by Gasteiger charge is 2.11. The summed E-state index contributed by atoms with van der Waals surface area (Å²) in [6.07, 6.45) is 6.05. The molecule has 0 amide bonds. The molecule has 5 nitrogen and oxygen atoms in total. The second kappa shape index (κ2) is 11.4. The van der Waals surface area contributed by atoms with Crippen molar-refractivity contribution in [2.45, 2.75) is 25.6 Å². The van der Waals surface area contributed by atoms with E-state index in [9.17, 15) is 12.8 Å². The number of guanidine groups is 1. The van der Waals surface area contributed by atoms with Crippen molar-refractivity contribution in [1.82, 2.24) is 10.6 Å². The third kappa shape index (κ3) is 9.21. The number of benzene rings is 1. The van der Waals surface area contributed by atoms with Gasteiger partial charge in [-0.25, -0.2) is 12.8 Å². The van der Waals surface area contributed by atoms with E-state index in [1.807, 2.05) is 19.1 Å². The maximum absolute atomic E-state index is 13.4. The molecule has 0 saturated carbocycles. The summed E-state index contributed by atoms with van der Waals surface area (Å²) in [6, 6.07) is 4.13. The lowest BCUT2D eigenvalue weighted by molar-refractivity contribution is 0.599. The Morgan fingerprint density at radius 2 is 2.00 bits per heavy atom. The third-order valence-electron chi connectivity index (χ3n) is 3.10. The summed E-state index contributed by atoms with van der Waals surface area (Å²) in [4.78, 5) is 4.09. The van der Waals surface area contributed by atoms with Gasteiger partial charge in [-0.2, -0.15) is 0 Å². The molecule has 0 saturated heterocycles. The average Bonchev–Trinajstić information content (AvgIpc) is 2.47. The first-order valence-corrected chi connectivity index (χ1v) is 9.42. The summed E-state index contributed by atoms with van der Waals surface area (Å²) in [7, 11) is -1.53. The van der Waals surface area contributed by atoms with E-state index in [-0.39, 0.29) is 29.7 Å². The quantitative estimate of drug-likeness (QED) is 0.212. The molecule has 0 bridgehead atoms. The molecule has 0 aliphatic carbocycles. The standard InChI is InChI=1S/C16H24FN3O2S.HI/c1-4-5-6-9-19-16(18-2)20-11-14-10-15(17)8-7-13(14)12-23(3,21)22;/h4-5,7-8,10H,6,9,11-12H2,1-3H3,(H2,18,19,20);1H/b5-4+;. The van der Waals surface area contributed by atoms with E-state index in [2.05, 4.69) is 15.6 Å². The van der Waals surface area contributed by atoms with Crippen LogP contribution in [0, 0.1) is 5.82 Å².